The Bertz CT molecular complexity index is 327. The maximum Gasteiger partial charge on any atom is 0.301 e. The van der Waals surface area contributed by atoms with Gasteiger partial charge in [-0.3, -0.25) is 4.79 Å². The number of hydrogen-bond acceptors (Lipinski definition) is 2. The number of allylic oxidation sites excluding steroid dienone is 1. The van der Waals surface area contributed by atoms with E-state index in [1.165, 1.54) is 0 Å². The molecule has 2 unspecified atom stereocenters. The van der Waals surface area contributed by atoms with Gasteiger partial charge in [0.2, 0.25) is 0 Å². The van der Waals surface area contributed by atoms with Gasteiger partial charge in [-0.2, -0.15) is 20.5 Å². The Kier molecular flexibility index (Phi) is 4.17. The Balaban J connectivity index is 1.82. The van der Waals surface area contributed by atoms with E-state index in [4.69, 9.17) is 0 Å². The number of hydrogen-bond donors (Lipinski definition) is 0. The first kappa shape index (κ1) is 13.0. The molecule has 0 radical (unpaired) electrons. The summed E-state index contributed by atoms with van der Waals surface area (Å²) < 4.78 is 36.3. The lowest BCUT2D eigenvalue weighted by Crippen LogP contribution is -2.24. The quantitative estimate of drug-likeness (QED) is 0.760. The largest absolute Gasteiger partial charge is 0.301 e. The molecular formula is C12H15F3OS. The molecule has 0 N–H and O–H groups in total. The number of fused-ring (bicyclic) bond motifs is 2. The van der Waals surface area contributed by atoms with Crippen molar-refractivity contribution in [2.24, 2.45) is 5.92 Å². The average Bonchev–Trinajstić information content (AvgIpc) is 2.64. The van der Waals surface area contributed by atoms with Crippen LogP contribution in [-0.2, 0) is 4.79 Å². The van der Waals surface area contributed by atoms with Crippen LogP contribution in [0.15, 0.2) is 11.9 Å². The first-order valence-electron chi connectivity index (χ1n) is 5.94. The maximum absolute atomic E-state index is 12.6. The fraction of sp³-hybridized carbons (Fsp3) is 0.750. The van der Waals surface area contributed by atoms with Crippen LogP contribution >= 0.6 is 11.8 Å². The summed E-state index contributed by atoms with van der Waals surface area (Å²) in [6, 6.07) is 0. The van der Waals surface area contributed by atoms with Crippen LogP contribution in [0.5, 0.6) is 0 Å². The molecule has 2 aliphatic heterocycles. The zero-order valence-corrected chi connectivity index (χ0v) is 10.2. The van der Waals surface area contributed by atoms with E-state index in [2.05, 4.69) is 0 Å². The number of halogens is 3. The molecule has 96 valence electrons. The first-order chi connectivity index (χ1) is 8.06. The predicted octanol–water partition coefficient (Wildman–Crippen LogP) is 4.09. The molecule has 0 saturated carbocycles. The van der Waals surface area contributed by atoms with E-state index in [-0.39, 0.29) is 18.1 Å². The van der Waals surface area contributed by atoms with Crippen molar-refractivity contribution in [3.63, 3.8) is 0 Å². The highest BCUT2D eigenvalue weighted by molar-refractivity contribution is 8.00. The molecular weight excluding hydrogens is 249 g/mol. The number of carbonyl (C=O) groups is 1. The standard InChI is InChI=1S/C12H15F3OS/c13-10(12(14)15)3-4-11(16)7-5-8-1-2-9(6-7)17-8/h7-9H,1-6H2. The van der Waals surface area contributed by atoms with E-state index in [0.29, 0.717) is 10.5 Å². The Morgan fingerprint density at radius 1 is 1.06 bits per heavy atom. The van der Waals surface area contributed by atoms with Gasteiger partial charge in [-0.1, -0.05) is 0 Å². The van der Waals surface area contributed by atoms with Crippen molar-refractivity contribution in [1.82, 2.24) is 0 Å². The zero-order valence-electron chi connectivity index (χ0n) is 9.43. The molecule has 17 heavy (non-hydrogen) atoms. The Hall–Kier alpha value is -0.450. The van der Waals surface area contributed by atoms with Crippen molar-refractivity contribution in [2.75, 3.05) is 0 Å². The average molecular weight is 264 g/mol. The minimum Gasteiger partial charge on any atom is -0.299 e. The summed E-state index contributed by atoms with van der Waals surface area (Å²) in [6.45, 7) is 0. The number of Topliss-reactive ketones (excluding diaryl/α,β-unsaturated/α-hetero) is 1. The van der Waals surface area contributed by atoms with Crippen molar-refractivity contribution in [1.29, 1.82) is 0 Å². The van der Waals surface area contributed by atoms with Gasteiger partial charge < -0.3 is 0 Å². The second kappa shape index (κ2) is 5.46. The highest BCUT2D eigenvalue weighted by Crippen LogP contribution is 2.46. The van der Waals surface area contributed by atoms with E-state index in [1.807, 2.05) is 11.8 Å². The molecule has 2 fully saturated rings. The summed E-state index contributed by atoms with van der Waals surface area (Å²) in [4.78, 5) is 11.8. The molecule has 2 heterocycles. The van der Waals surface area contributed by atoms with Gasteiger partial charge in [0.1, 0.15) is 5.78 Å². The third-order valence-corrected chi connectivity index (χ3v) is 5.17. The number of thioether (sulfide) groups is 1. The van der Waals surface area contributed by atoms with Gasteiger partial charge in [0.05, 0.1) is 0 Å². The predicted molar refractivity (Wildman–Crippen MR) is 61.7 cm³/mol. The zero-order chi connectivity index (χ0) is 12.4. The Morgan fingerprint density at radius 3 is 2.18 bits per heavy atom. The minimum atomic E-state index is -2.29. The summed E-state index contributed by atoms with van der Waals surface area (Å²) in [5, 5.41) is 1.11. The van der Waals surface area contributed by atoms with Crippen LogP contribution in [-0.4, -0.2) is 16.3 Å². The van der Waals surface area contributed by atoms with E-state index >= 15 is 0 Å². The van der Waals surface area contributed by atoms with E-state index in [1.54, 1.807) is 0 Å². The molecule has 5 heteroatoms. The van der Waals surface area contributed by atoms with Gasteiger partial charge in [0.25, 0.3) is 0 Å². The third kappa shape index (κ3) is 3.27. The normalized spacial score (nSPS) is 31.4. The van der Waals surface area contributed by atoms with Crippen molar-refractivity contribution in [3.05, 3.63) is 11.9 Å². The van der Waals surface area contributed by atoms with Crippen molar-refractivity contribution >= 4 is 17.5 Å². The molecule has 1 nitrogen and oxygen atoms in total. The second-order valence-corrected chi connectivity index (χ2v) is 6.36. The smallest absolute Gasteiger partial charge is 0.299 e. The van der Waals surface area contributed by atoms with Crippen molar-refractivity contribution < 1.29 is 18.0 Å². The number of ketones is 1. The topological polar surface area (TPSA) is 17.1 Å². The highest BCUT2D eigenvalue weighted by Gasteiger charge is 2.37. The molecule has 0 amide bonds. The highest BCUT2D eigenvalue weighted by atomic mass is 32.2. The number of rotatable bonds is 4. The molecule has 0 aromatic carbocycles. The minimum absolute atomic E-state index is 0.0239. The molecule has 0 aliphatic carbocycles. The molecule has 0 aromatic heterocycles. The van der Waals surface area contributed by atoms with E-state index in [0.717, 1.165) is 25.7 Å². The third-order valence-electron chi connectivity index (χ3n) is 3.54. The fourth-order valence-corrected chi connectivity index (χ4v) is 4.43. The van der Waals surface area contributed by atoms with Crippen LogP contribution in [0.2, 0.25) is 0 Å². The van der Waals surface area contributed by atoms with Crippen LogP contribution in [0.1, 0.15) is 38.5 Å². The van der Waals surface area contributed by atoms with Gasteiger partial charge in [-0.05, 0) is 25.7 Å². The molecule has 0 aromatic rings. The van der Waals surface area contributed by atoms with Crippen LogP contribution in [0.4, 0.5) is 13.2 Å². The van der Waals surface area contributed by atoms with Gasteiger partial charge in [-0.15, -0.1) is 0 Å². The van der Waals surface area contributed by atoms with Crippen LogP contribution in [0.25, 0.3) is 0 Å². The SMILES string of the molecule is O=C(CCC(F)=C(F)F)C1CC2CCC(C1)S2. The molecule has 2 aliphatic rings. The van der Waals surface area contributed by atoms with Gasteiger partial charge >= 0.3 is 6.08 Å². The van der Waals surface area contributed by atoms with Gasteiger partial charge in [0.15, 0.2) is 5.83 Å². The first-order valence-corrected chi connectivity index (χ1v) is 6.88. The molecule has 0 spiro atoms. The number of carbonyl (C=O) groups excluding carboxylic acids is 1. The lowest BCUT2D eigenvalue weighted by molar-refractivity contribution is -0.123. The lowest BCUT2D eigenvalue weighted by atomic mass is 9.92. The van der Waals surface area contributed by atoms with Crippen LogP contribution in [0, 0.1) is 5.92 Å². The van der Waals surface area contributed by atoms with Gasteiger partial charge in [0, 0.05) is 29.3 Å². The Labute approximate surface area is 103 Å². The second-order valence-electron chi connectivity index (χ2n) is 4.76. The fourth-order valence-electron chi connectivity index (χ4n) is 2.65. The van der Waals surface area contributed by atoms with Crippen LogP contribution in [0.3, 0.4) is 0 Å². The summed E-state index contributed by atoms with van der Waals surface area (Å²) in [5.74, 6) is -1.51. The van der Waals surface area contributed by atoms with E-state index < -0.39 is 18.3 Å². The molecule has 2 bridgehead atoms. The lowest BCUT2D eigenvalue weighted by Gasteiger charge is -2.26. The Morgan fingerprint density at radius 2 is 1.65 bits per heavy atom. The molecule has 2 rings (SSSR count). The van der Waals surface area contributed by atoms with E-state index in [9.17, 15) is 18.0 Å². The summed E-state index contributed by atoms with van der Waals surface area (Å²) in [6.07, 6.45) is 1.20. The molecule has 2 saturated heterocycles. The summed E-state index contributed by atoms with van der Waals surface area (Å²) in [5.41, 5.74) is 0. The molecule has 2 atom stereocenters. The summed E-state index contributed by atoms with van der Waals surface area (Å²) in [7, 11) is 0. The van der Waals surface area contributed by atoms with Crippen LogP contribution < -0.4 is 0 Å². The van der Waals surface area contributed by atoms with Crippen molar-refractivity contribution in [2.45, 2.75) is 49.0 Å². The summed E-state index contributed by atoms with van der Waals surface area (Å²) >= 11 is 1.95. The maximum atomic E-state index is 12.6. The van der Waals surface area contributed by atoms with Gasteiger partial charge in [-0.25, -0.2) is 4.39 Å². The monoisotopic (exact) mass is 264 g/mol. The van der Waals surface area contributed by atoms with Crippen molar-refractivity contribution in [3.8, 4) is 0 Å².